The van der Waals surface area contributed by atoms with E-state index in [0.717, 1.165) is 39.0 Å². The summed E-state index contributed by atoms with van der Waals surface area (Å²) in [5, 5.41) is 0. The SMILES string of the molecule is CCN(CC)C(=O)C(C)N1CCC(N)CC1. The van der Waals surface area contributed by atoms with Crippen molar-refractivity contribution in [2.75, 3.05) is 26.2 Å². The second-order valence-electron chi connectivity index (χ2n) is 4.56. The lowest BCUT2D eigenvalue weighted by molar-refractivity contribution is -0.136. The van der Waals surface area contributed by atoms with E-state index in [9.17, 15) is 4.79 Å². The number of likely N-dealkylation sites (N-methyl/N-ethyl adjacent to an activating group) is 1. The molecule has 16 heavy (non-hydrogen) atoms. The Kier molecular flexibility index (Phi) is 5.22. The largest absolute Gasteiger partial charge is 0.342 e. The van der Waals surface area contributed by atoms with Crippen molar-refractivity contribution in [3.05, 3.63) is 0 Å². The molecule has 0 aromatic rings. The van der Waals surface area contributed by atoms with E-state index in [0.29, 0.717) is 6.04 Å². The van der Waals surface area contributed by atoms with Crippen LogP contribution in [0.4, 0.5) is 0 Å². The van der Waals surface area contributed by atoms with Crippen LogP contribution in [-0.2, 0) is 4.79 Å². The molecule has 1 heterocycles. The molecule has 1 fully saturated rings. The number of piperidine rings is 1. The Hall–Kier alpha value is -0.610. The van der Waals surface area contributed by atoms with Gasteiger partial charge < -0.3 is 10.6 Å². The molecule has 0 aliphatic carbocycles. The number of hydrogen-bond donors (Lipinski definition) is 1. The molecule has 94 valence electrons. The predicted octanol–water partition coefficient (Wildman–Crippen LogP) is 0.666. The summed E-state index contributed by atoms with van der Waals surface area (Å²) in [5.41, 5.74) is 5.86. The van der Waals surface area contributed by atoms with Crippen molar-refractivity contribution in [2.24, 2.45) is 5.73 Å². The van der Waals surface area contributed by atoms with Gasteiger partial charge >= 0.3 is 0 Å². The maximum atomic E-state index is 12.1. The number of hydrogen-bond acceptors (Lipinski definition) is 3. The third-order valence-electron chi connectivity index (χ3n) is 3.55. The lowest BCUT2D eigenvalue weighted by Crippen LogP contribution is -2.51. The van der Waals surface area contributed by atoms with E-state index >= 15 is 0 Å². The summed E-state index contributed by atoms with van der Waals surface area (Å²) in [4.78, 5) is 16.3. The van der Waals surface area contributed by atoms with Gasteiger partial charge in [-0.1, -0.05) is 0 Å². The Morgan fingerprint density at radius 2 is 1.88 bits per heavy atom. The second kappa shape index (κ2) is 6.21. The molecule has 1 aliphatic rings. The molecule has 0 spiro atoms. The first-order chi connectivity index (χ1) is 7.60. The van der Waals surface area contributed by atoms with Crippen LogP contribution < -0.4 is 5.73 Å². The maximum absolute atomic E-state index is 12.1. The van der Waals surface area contributed by atoms with Crippen LogP contribution >= 0.6 is 0 Å². The van der Waals surface area contributed by atoms with Gasteiger partial charge in [-0.15, -0.1) is 0 Å². The zero-order chi connectivity index (χ0) is 12.1. The van der Waals surface area contributed by atoms with E-state index in [2.05, 4.69) is 4.90 Å². The van der Waals surface area contributed by atoms with Crippen LogP contribution in [0.15, 0.2) is 0 Å². The lowest BCUT2D eigenvalue weighted by atomic mass is 10.0. The summed E-state index contributed by atoms with van der Waals surface area (Å²) in [7, 11) is 0. The number of nitrogens with zero attached hydrogens (tertiary/aromatic N) is 2. The summed E-state index contributed by atoms with van der Waals surface area (Å²) >= 11 is 0. The first kappa shape index (κ1) is 13.5. The first-order valence-corrected chi connectivity index (χ1v) is 6.38. The van der Waals surface area contributed by atoms with Crippen molar-refractivity contribution in [3.63, 3.8) is 0 Å². The van der Waals surface area contributed by atoms with Crippen LogP contribution in [0.3, 0.4) is 0 Å². The van der Waals surface area contributed by atoms with E-state index < -0.39 is 0 Å². The van der Waals surface area contributed by atoms with Crippen molar-refractivity contribution >= 4 is 5.91 Å². The highest BCUT2D eigenvalue weighted by Gasteiger charge is 2.27. The molecule has 0 saturated carbocycles. The molecule has 1 aliphatic heterocycles. The molecule has 2 N–H and O–H groups in total. The average molecular weight is 227 g/mol. The fourth-order valence-corrected chi connectivity index (χ4v) is 2.26. The molecule has 0 radical (unpaired) electrons. The van der Waals surface area contributed by atoms with Crippen molar-refractivity contribution in [1.82, 2.24) is 9.80 Å². The summed E-state index contributed by atoms with van der Waals surface area (Å²) in [5.74, 6) is 0.250. The Morgan fingerprint density at radius 1 is 1.38 bits per heavy atom. The molecule has 1 atom stereocenters. The fourth-order valence-electron chi connectivity index (χ4n) is 2.26. The third kappa shape index (κ3) is 3.19. The van der Waals surface area contributed by atoms with Crippen molar-refractivity contribution in [2.45, 2.75) is 45.7 Å². The van der Waals surface area contributed by atoms with E-state index in [1.54, 1.807) is 0 Å². The minimum atomic E-state index is 0.00685. The smallest absolute Gasteiger partial charge is 0.239 e. The van der Waals surface area contributed by atoms with Crippen LogP contribution in [-0.4, -0.2) is 54.0 Å². The number of carbonyl (C=O) groups is 1. The van der Waals surface area contributed by atoms with Crippen molar-refractivity contribution < 1.29 is 4.79 Å². The van der Waals surface area contributed by atoms with Gasteiger partial charge in [-0.05, 0) is 33.6 Å². The van der Waals surface area contributed by atoms with Gasteiger partial charge in [-0.3, -0.25) is 9.69 Å². The quantitative estimate of drug-likeness (QED) is 0.768. The van der Waals surface area contributed by atoms with Crippen LogP contribution in [0.2, 0.25) is 0 Å². The minimum Gasteiger partial charge on any atom is -0.342 e. The van der Waals surface area contributed by atoms with Gasteiger partial charge in [0.15, 0.2) is 0 Å². The molecule has 1 saturated heterocycles. The fraction of sp³-hybridized carbons (Fsp3) is 0.917. The lowest BCUT2D eigenvalue weighted by Gasteiger charge is -2.36. The molecule has 1 rings (SSSR count). The molecule has 0 bridgehead atoms. The normalized spacial score (nSPS) is 20.8. The summed E-state index contributed by atoms with van der Waals surface area (Å²) in [6.07, 6.45) is 2.02. The molecule has 1 amide bonds. The standard InChI is InChI=1S/C12H25N3O/c1-4-14(5-2)12(16)10(3)15-8-6-11(13)7-9-15/h10-11H,4-9,13H2,1-3H3. The highest BCUT2D eigenvalue weighted by molar-refractivity contribution is 5.81. The highest BCUT2D eigenvalue weighted by atomic mass is 16.2. The molecule has 4 nitrogen and oxygen atoms in total. The summed E-state index contributed by atoms with van der Waals surface area (Å²) in [6, 6.07) is 0.333. The van der Waals surface area contributed by atoms with Crippen molar-refractivity contribution in [1.29, 1.82) is 0 Å². The van der Waals surface area contributed by atoms with Crippen LogP contribution in [0.25, 0.3) is 0 Å². The second-order valence-corrected chi connectivity index (χ2v) is 4.56. The van der Waals surface area contributed by atoms with Gasteiger partial charge in [0.1, 0.15) is 0 Å². The molecular formula is C12H25N3O. The van der Waals surface area contributed by atoms with Crippen LogP contribution in [0.1, 0.15) is 33.6 Å². The van der Waals surface area contributed by atoms with Gasteiger partial charge in [0.2, 0.25) is 5.91 Å². The molecule has 1 unspecified atom stereocenters. The minimum absolute atomic E-state index is 0.00685. The topological polar surface area (TPSA) is 49.6 Å². The number of rotatable bonds is 4. The number of amides is 1. The Labute approximate surface area is 98.8 Å². The van der Waals surface area contributed by atoms with E-state index in [1.807, 2.05) is 25.7 Å². The zero-order valence-electron chi connectivity index (χ0n) is 10.8. The Balaban J connectivity index is 2.50. The molecular weight excluding hydrogens is 202 g/mol. The highest BCUT2D eigenvalue weighted by Crippen LogP contribution is 2.13. The van der Waals surface area contributed by atoms with Gasteiger partial charge in [0, 0.05) is 32.2 Å². The van der Waals surface area contributed by atoms with E-state index in [4.69, 9.17) is 5.73 Å². The van der Waals surface area contributed by atoms with Crippen LogP contribution in [0, 0.1) is 0 Å². The summed E-state index contributed by atoms with van der Waals surface area (Å²) < 4.78 is 0. The van der Waals surface area contributed by atoms with Crippen LogP contribution in [0.5, 0.6) is 0 Å². The van der Waals surface area contributed by atoms with Gasteiger partial charge in [0.05, 0.1) is 6.04 Å². The van der Waals surface area contributed by atoms with Gasteiger partial charge in [-0.25, -0.2) is 0 Å². The zero-order valence-corrected chi connectivity index (χ0v) is 10.8. The number of nitrogens with two attached hydrogens (primary N) is 1. The monoisotopic (exact) mass is 227 g/mol. The predicted molar refractivity (Wildman–Crippen MR) is 66.2 cm³/mol. The van der Waals surface area contributed by atoms with E-state index in [1.165, 1.54) is 0 Å². The Bertz CT molecular complexity index is 220. The first-order valence-electron chi connectivity index (χ1n) is 6.38. The molecule has 0 aromatic heterocycles. The van der Waals surface area contributed by atoms with E-state index in [-0.39, 0.29) is 11.9 Å². The van der Waals surface area contributed by atoms with Crippen molar-refractivity contribution in [3.8, 4) is 0 Å². The summed E-state index contributed by atoms with van der Waals surface area (Å²) in [6.45, 7) is 9.57. The maximum Gasteiger partial charge on any atom is 0.239 e. The number of likely N-dealkylation sites (tertiary alicyclic amines) is 1. The number of carbonyl (C=O) groups excluding carboxylic acids is 1. The molecule has 4 heteroatoms. The average Bonchev–Trinajstić information content (AvgIpc) is 2.30. The van der Waals surface area contributed by atoms with Gasteiger partial charge in [0.25, 0.3) is 0 Å². The third-order valence-corrected chi connectivity index (χ3v) is 3.55. The Morgan fingerprint density at radius 3 is 2.31 bits per heavy atom. The molecule has 0 aromatic carbocycles. The van der Waals surface area contributed by atoms with Gasteiger partial charge in [-0.2, -0.15) is 0 Å².